The first kappa shape index (κ1) is 28.1. The number of allylic oxidation sites excluding steroid dienone is 1. The van der Waals surface area contributed by atoms with Gasteiger partial charge in [-0.05, 0) is 49.6 Å². The number of benzene rings is 2. The molecule has 0 saturated carbocycles. The van der Waals surface area contributed by atoms with E-state index in [1.165, 1.54) is 0 Å². The molecule has 2 heterocycles. The molecule has 8 nitrogen and oxygen atoms in total. The number of thioether (sulfide) groups is 1. The molecule has 38 heavy (non-hydrogen) atoms. The second-order valence-electron chi connectivity index (χ2n) is 8.65. The van der Waals surface area contributed by atoms with E-state index in [9.17, 15) is 4.79 Å². The number of methoxy groups -OCH3 is 1. The first-order valence-corrected chi connectivity index (χ1v) is 14.1. The van der Waals surface area contributed by atoms with Gasteiger partial charge >= 0.3 is 5.97 Å². The van der Waals surface area contributed by atoms with Crippen molar-refractivity contribution in [3.63, 3.8) is 0 Å². The van der Waals surface area contributed by atoms with Crippen molar-refractivity contribution in [2.24, 2.45) is 0 Å². The molecule has 3 aromatic rings. The average molecular weight is 578 g/mol. The summed E-state index contributed by atoms with van der Waals surface area (Å²) in [7, 11) is 1.57. The van der Waals surface area contributed by atoms with Gasteiger partial charge in [0.05, 0.1) is 19.3 Å². The highest BCUT2D eigenvalue weighted by molar-refractivity contribution is 7.99. The van der Waals surface area contributed by atoms with Crippen LogP contribution in [0.15, 0.2) is 52.8 Å². The summed E-state index contributed by atoms with van der Waals surface area (Å²) >= 11 is 13.9. The zero-order valence-corrected chi connectivity index (χ0v) is 24.0. The van der Waals surface area contributed by atoms with Gasteiger partial charge in [-0.3, -0.25) is 0 Å². The van der Waals surface area contributed by atoms with Crippen molar-refractivity contribution < 1.29 is 19.0 Å². The summed E-state index contributed by atoms with van der Waals surface area (Å²) in [5, 5.41) is 9.68. The van der Waals surface area contributed by atoms with Crippen LogP contribution >= 0.6 is 35.0 Å². The van der Waals surface area contributed by atoms with E-state index in [1.54, 1.807) is 35.7 Å². The number of anilines is 1. The van der Waals surface area contributed by atoms with Gasteiger partial charge in [0.1, 0.15) is 12.6 Å². The Balaban J connectivity index is 1.70. The normalized spacial score (nSPS) is 14.6. The van der Waals surface area contributed by atoms with E-state index in [4.69, 9.17) is 42.5 Å². The molecule has 0 aliphatic carbocycles. The van der Waals surface area contributed by atoms with Crippen LogP contribution in [0.3, 0.4) is 0 Å². The Labute approximate surface area is 236 Å². The SMILES string of the molecule is CCCOC(=O)C1=C(C)Nc2nc(SCCC)nn2C1c1ccc(OCc2ccc(Cl)cc2Cl)c(OC)c1. The molecule has 11 heteroatoms. The molecular weight excluding hydrogens is 547 g/mol. The lowest BCUT2D eigenvalue weighted by molar-refractivity contribution is -0.139. The van der Waals surface area contributed by atoms with E-state index < -0.39 is 12.0 Å². The highest BCUT2D eigenvalue weighted by atomic mass is 35.5. The summed E-state index contributed by atoms with van der Waals surface area (Å²) in [6, 6.07) is 10.3. The number of fused-ring (bicyclic) bond motifs is 1. The molecular formula is C27H30Cl2N4O4S. The molecule has 0 spiro atoms. The van der Waals surface area contributed by atoms with Crippen molar-refractivity contribution in [3.05, 3.63) is 68.8 Å². The Morgan fingerprint density at radius 1 is 1.13 bits per heavy atom. The van der Waals surface area contributed by atoms with Crippen LogP contribution in [0.2, 0.25) is 10.0 Å². The first-order valence-electron chi connectivity index (χ1n) is 12.3. The number of ether oxygens (including phenoxy) is 3. The van der Waals surface area contributed by atoms with Crippen molar-refractivity contribution in [2.75, 3.05) is 24.8 Å². The maximum atomic E-state index is 13.2. The minimum Gasteiger partial charge on any atom is -0.493 e. The fourth-order valence-corrected chi connectivity index (χ4v) is 5.15. The topological polar surface area (TPSA) is 87.5 Å². The molecule has 0 amide bonds. The van der Waals surface area contributed by atoms with E-state index in [2.05, 4.69) is 17.2 Å². The van der Waals surface area contributed by atoms with Gasteiger partial charge in [-0.1, -0.05) is 60.9 Å². The molecule has 1 aromatic heterocycles. The smallest absolute Gasteiger partial charge is 0.338 e. The van der Waals surface area contributed by atoms with Gasteiger partial charge < -0.3 is 19.5 Å². The Morgan fingerprint density at radius 3 is 2.66 bits per heavy atom. The Kier molecular flexibility index (Phi) is 9.46. The maximum Gasteiger partial charge on any atom is 0.338 e. The quantitative estimate of drug-likeness (QED) is 0.194. The molecule has 4 rings (SSSR count). The van der Waals surface area contributed by atoms with Crippen LogP contribution in [0.5, 0.6) is 11.5 Å². The Morgan fingerprint density at radius 2 is 1.95 bits per heavy atom. The number of aromatic nitrogens is 3. The van der Waals surface area contributed by atoms with Gasteiger partial charge in [-0.25, -0.2) is 9.48 Å². The van der Waals surface area contributed by atoms with Gasteiger partial charge in [0.15, 0.2) is 11.5 Å². The Bertz CT molecular complexity index is 1340. The second kappa shape index (κ2) is 12.8. The molecule has 1 atom stereocenters. The third-order valence-corrected chi connectivity index (χ3v) is 7.46. The predicted molar refractivity (Wildman–Crippen MR) is 151 cm³/mol. The van der Waals surface area contributed by atoms with Crippen molar-refractivity contribution in [3.8, 4) is 11.5 Å². The molecule has 2 aromatic carbocycles. The largest absolute Gasteiger partial charge is 0.493 e. The van der Waals surface area contributed by atoms with Crippen molar-refractivity contribution in [1.82, 2.24) is 14.8 Å². The van der Waals surface area contributed by atoms with E-state index in [1.807, 2.05) is 38.1 Å². The van der Waals surface area contributed by atoms with Crippen molar-refractivity contribution in [2.45, 2.75) is 51.4 Å². The highest BCUT2D eigenvalue weighted by Crippen LogP contribution is 2.40. The molecule has 0 radical (unpaired) electrons. The first-order chi connectivity index (χ1) is 18.4. The zero-order chi connectivity index (χ0) is 27.2. The third-order valence-electron chi connectivity index (χ3n) is 5.83. The molecule has 1 aliphatic rings. The number of carbonyl (C=O) groups is 1. The van der Waals surface area contributed by atoms with E-state index in [-0.39, 0.29) is 6.61 Å². The van der Waals surface area contributed by atoms with E-state index >= 15 is 0 Å². The number of carbonyl (C=O) groups excluding carboxylic acids is 1. The second-order valence-corrected chi connectivity index (χ2v) is 10.6. The third kappa shape index (κ3) is 6.22. The predicted octanol–water partition coefficient (Wildman–Crippen LogP) is 6.92. The van der Waals surface area contributed by atoms with Gasteiger partial charge in [-0.15, -0.1) is 5.10 Å². The standard InChI is InChI=1S/C27H30Cl2N4O4S/c1-5-11-36-25(34)23-16(3)30-26-31-27(38-12-6-2)32-33(26)24(23)17-8-10-21(22(13-17)35-4)37-15-18-7-9-19(28)14-20(18)29/h7-10,13-14,24H,5-6,11-12,15H2,1-4H3,(H,30,31,32). The number of nitrogens with zero attached hydrogens (tertiary/aromatic N) is 3. The molecule has 0 bridgehead atoms. The number of esters is 1. The van der Waals surface area contributed by atoms with Crippen LogP contribution in [0, 0.1) is 0 Å². The zero-order valence-electron chi connectivity index (χ0n) is 21.7. The van der Waals surface area contributed by atoms with Crippen molar-refractivity contribution >= 4 is 46.9 Å². The van der Waals surface area contributed by atoms with Gasteiger partial charge in [0.25, 0.3) is 0 Å². The minimum absolute atomic E-state index is 0.234. The fraction of sp³-hybridized carbons (Fsp3) is 0.370. The Hall–Kier alpha value is -2.88. The molecule has 202 valence electrons. The highest BCUT2D eigenvalue weighted by Gasteiger charge is 2.35. The van der Waals surface area contributed by atoms with E-state index in [0.717, 1.165) is 29.7 Å². The lowest BCUT2D eigenvalue weighted by Gasteiger charge is -2.28. The molecule has 1 unspecified atom stereocenters. The minimum atomic E-state index is -0.562. The summed E-state index contributed by atoms with van der Waals surface area (Å²) in [5.41, 5.74) is 2.71. The maximum absolute atomic E-state index is 13.2. The number of hydrogen-bond donors (Lipinski definition) is 1. The van der Waals surface area contributed by atoms with Crippen molar-refractivity contribution in [1.29, 1.82) is 0 Å². The lowest BCUT2D eigenvalue weighted by Crippen LogP contribution is -2.29. The summed E-state index contributed by atoms with van der Waals surface area (Å²) in [6.45, 7) is 6.47. The molecule has 1 aliphatic heterocycles. The molecule has 1 N–H and O–H groups in total. The summed E-state index contributed by atoms with van der Waals surface area (Å²) in [5.74, 6) is 2.10. The van der Waals surface area contributed by atoms with Gasteiger partial charge in [-0.2, -0.15) is 4.98 Å². The monoisotopic (exact) mass is 576 g/mol. The van der Waals surface area contributed by atoms with Gasteiger partial charge in [0.2, 0.25) is 11.1 Å². The molecule has 0 saturated heterocycles. The lowest BCUT2D eigenvalue weighted by atomic mass is 9.95. The number of hydrogen-bond acceptors (Lipinski definition) is 8. The van der Waals surface area contributed by atoms with Crippen LogP contribution in [0.1, 0.15) is 50.8 Å². The summed E-state index contributed by atoms with van der Waals surface area (Å²) in [4.78, 5) is 17.9. The van der Waals surface area contributed by atoms with Crippen LogP contribution in [0.4, 0.5) is 5.95 Å². The van der Waals surface area contributed by atoms with Gasteiger partial charge in [0, 0.05) is 27.1 Å². The molecule has 0 fully saturated rings. The summed E-state index contributed by atoms with van der Waals surface area (Å²) < 4.78 is 19.0. The average Bonchev–Trinajstić information content (AvgIpc) is 3.31. The van der Waals surface area contributed by atoms with Crippen LogP contribution in [-0.4, -0.2) is 40.2 Å². The number of halogens is 2. The fourth-order valence-electron chi connectivity index (χ4n) is 4.00. The van der Waals surface area contributed by atoms with E-state index in [0.29, 0.717) is 50.5 Å². The van der Waals surface area contributed by atoms with Crippen LogP contribution in [0.25, 0.3) is 0 Å². The van der Waals surface area contributed by atoms with Crippen LogP contribution < -0.4 is 14.8 Å². The number of nitrogens with one attached hydrogen (secondary N) is 1. The number of rotatable bonds is 11. The summed E-state index contributed by atoms with van der Waals surface area (Å²) in [6.07, 6.45) is 1.72. The van der Waals surface area contributed by atoms with Crippen LogP contribution in [-0.2, 0) is 16.1 Å².